The summed E-state index contributed by atoms with van der Waals surface area (Å²) in [6.45, 7) is 2.46. The van der Waals surface area contributed by atoms with Gasteiger partial charge in [0, 0.05) is 17.1 Å². The molecule has 4 nitrogen and oxygen atoms in total. The number of anilines is 1. The number of benzene rings is 2. The zero-order chi connectivity index (χ0) is 17.6. The van der Waals surface area contributed by atoms with Crippen molar-refractivity contribution < 1.29 is 14.3 Å². The maximum Gasteiger partial charge on any atom is 0.339 e. The van der Waals surface area contributed by atoms with Crippen LogP contribution in [0.5, 0.6) is 0 Å². The fourth-order valence-electron chi connectivity index (χ4n) is 2.99. The van der Waals surface area contributed by atoms with Crippen LogP contribution >= 0.6 is 11.8 Å². The molecule has 0 fully saturated rings. The van der Waals surface area contributed by atoms with Gasteiger partial charge < -0.3 is 9.64 Å². The second-order valence-electron chi connectivity index (χ2n) is 5.78. The molecule has 0 saturated heterocycles. The molecule has 0 N–H and O–H groups in total. The van der Waals surface area contributed by atoms with Crippen molar-refractivity contribution in [2.24, 2.45) is 0 Å². The fraction of sp³-hybridized carbons (Fsp3) is 0.300. The smallest absolute Gasteiger partial charge is 0.339 e. The van der Waals surface area contributed by atoms with Crippen molar-refractivity contribution in [3.8, 4) is 0 Å². The number of carbonyl (C=O) groups excluding carboxylic acids is 2. The van der Waals surface area contributed by atoms with Gasteiger partial charge in [-0.3, -0.25) is 4.79 Å². The Balaban J connectivity index is 1.66. The molecule has 3 rings (SSSR count). The van der Waals surface area contributed by atoms with Crippen LogP contribution in [0.15, 0.2) is 53.4 Å². The van der Waals surface area contributed by atoms with Crippen LogP contribution in [0.1, 0.15) is 29.3 Å². The second kappa shape index (κ2) is 8.21. The van der Waals surface area contributed by atoms with Crippen molar-refractivity contribution in [3.63, 3.8) is 0 Å². The quantitative estimate of drug-likeness (QED) is 0.602. The van der Waals surface area contributed by atoms with Crippen molar-refractivity contribution in [1.82, 2.24) is 0 Å². The zero-order valence-corrected chi connectivity index (χ0v) is 15.1. The highest BCUT2D eigenvalue weighted by Gasteiger charge is 2.23. The summed E-state index contributed by atoms with van der Waals surface area (Å²) in [6, 6.07) is 15.2. The van der Waals surface area contributed by atoms with Crippen LogP contribution in [-0.2, 0) is 16.0 Å². The van der Waals surface area contributed by atoms with Crippen LogP contribution in [0.3, 0.4) is 0 Å². The summed E-state index contributed by atoms with van der Waals surface area (Å²) in [4.78, 5) is 27.5. The standard InChI is InChI=1S/C20H21NO3S/c1-2-25-18-12-6-4-10-16(18)20(23)24-14-19(22)21-13-7-9-15-8-3-5-11-17(15)21/h3-6,8,10-12H,2,7,9,13-14H2,1H3. The lowest BCUT2D eigenvalue weighted by molar-refractivity contribution is -0.121. The number of aryl methyl sites for hydroxylation is 1. The first-order chi connectivity index (χ1) is 12.2. The number of ether oxygens (including phenoxy) is 1. The normalized spacial score (nSPS) is 13.2. The van der Waals surface area contributed by atoms with Crippen molar-refractivity contribution in [2.45, 2.75) is 24.7 Å². The maximum absolute atomic E-state index is 12.6. The molecule has 0 atom stereocenters. The number of rotatable bonds is 5. The van der Waals surface area contributed by atoms with Crippen molar-refractivity contribution in [3.05, 3.63) is 59.7 Å². The van der Waals surface area contributed by atoms with E-state index in [4.69, 9.17) is 4.74 Å². The number of hydrogen-bond donors (Lipinski definition) is 0. The molecule has 0 bridgehead atoms. The van der Waals surface area contributed by atoms with E-state index in [1.54, 1.807) is 28.8 Å². The first-order valence-corrected chi connectivity index (χ1v) is 9.46. The molecule has 1 amide bonds. The van der Waals surface area contributed by atoms with Gasteiger partial charge >= 0.3 is 5.97 Å². The molecule has 0 aromatic heterocycles. The fourth-order valence-corrected chi connectivity index (χ4v) is 3.78. The van der Waals surface area contributed by atoms with Crippen LogP contribution in [0.25, 0.3) is 0 Å². The van der Waals surface area contributed by atoms with Crippen molar-refractivity contribution >= 4 is 29.3 Å². The Morgan fingerprint density at radius 2 is 1.88 bits per heavy atom. The molecule has 0 spiro atoms. The lowest BCUT2D eigenvalue weighted by atomic mass is 10.0. The van der Waals surface area contributed by atoms with E-state index in [-0.39, 0.29) is 12.5 Å². The van der Waals surface area contributed by atoms with Crippen LogP contribution in [0.2, 0.25) is 0 Å². The Labute approximate surface area is 152 Å². The average Bonchev–Trinajstić information content (AvgIpc) is 2.66. The molecule has 0 radical (unpaired) electrons. The Morgan fingerprint density at radius 3 is 2.72 bits per heavy atom. The zero-order valence-electron chi connectivity index (χ0n) is 14.2. The van der Waals surface area contributed by atoms with Gasteiger partial charge in [0.1, 0.15) is 0 Å². The van der Waals surface area contributed by atoms with Gasteiger partial charge in [-0.1, -0.05) is 37.3 Å². The molecular formula is C20H21NO3S. The minimum absolute atomic E-state index is 0.180. The van der Waals surface area contributed by atoms with E-state index in [1.807, 2.05) is 43.3 Å². The van der Waals surface area contributed by atoms with Gasteiger partial charge in [-0.05, 0) is 42.4 Å². The van der Waals surface area contributed by atoms with Gasteiger partial charge in [0.25, 0.3) is 5.91 Å². The molecule has 2 aromatic rings. The van der Waals surface area contributed by atoms with Gasteiger partial charge in [0.15, 0.2) is 6.61 Å². The Morgan fingerprint density at radius 1 is 1.12 bits per heavy atom. The summed E-state index contributed by atoms with van der Waals surface area (Å²) in [5.41, 5.74) is 2.61. The van der Waals surface area contributed by atoms with Crippen LogP contribution in [-0.4, -0.2) is 30.8 Å². The van der Waals surface area contributed by atoms with Crippen LogP contribution < -0.4 is 4.90 Å². The molecule has 1 aliphatic heterocycles. The van der Waals surface area contributed by atoms with E-state index < -0.39 is 5.97 Å². The highest BCUT2D eigenvalue weighted by Crippen LogP contribution is 2.27. The van der Waals surface area contributed by atoms with E-state index in [0.29, 0.717) is 12.1 Å². The summed E-state index contributed by atoms with van der Waals surface area (Å²) in [6.07, 6.45) is 1.90. The second-order valence-corrected chi connectivity index (χ2v) is 7.09. The first kappa shape index (κ1) is 17.5. The van der Waals surface area contributed by atoms with Gasteiger partial charge in [-0.25, -0.2) is 4.79 Å². The van der Waals surface area contributed by atoms with Crippen LogP contribution in [0, 0.1) is 0 Å². The lowest BCUT2D eigenvalue weighted by Gasteiger charge is -2.29. The highest BCUT2D eigenvalue weighted by atomic mass is 32.2. The largest absolute Gasteiger partial charge is 0.452 e. The van der Waals surface area contributed by atoms with Gasteiger partial charge in [-0.15, -0.1) is 11.8 Å². The summed E-state index contributed by atoms with van der Waals surface area (Å²) in [5.74, 6) is 0.240. The molecule has 1 aliphatic rings. The number of fused-ring (bicyclic) bond motifs is 1. The molecule has 5 heteroatoms. The third kappa shape index (κ3) is 4.04. The first-order valence-electron chi connectivity index (χ1n) is 8.48. The third-order valence-corrected chi connectivity index (χ3v) is 5.10. The molecule has 0 saturated carbocycles. The van der Waals surface area contributed by atoms with Gasteiger partial charge in [0.05, 0.1) is 5.56 Å². The number of thioether (sulfide) groups is 1. The minimum Gasteiger partial charge on any atom is -0.452 e. The molecule has 0 unspecified atom stereocenters. The molecule has 2 aromatic carbocycles. The maximum atomic E-state index is 12.6. The Kier molecular flexibility index (Phi) is 5.76. The van der Waals surface area contributed by atoms with E-state index in [1.165, 1.54) is 0 Å². The highest BCUT2D eigenvalue weighted by molar-refractivity contribution is 7.99. The number of nitrogens with zero attached hydrogens (tertiary/aromatic N) is 1. The molecular weight excluding hydrogens is 334 g/mol. The van der Waals surface area contributed by atoms with Crippen molar-refractivity contribution in [1.29, 1.82) is 0 Å². The van der Waals surface area contributed by atoms with E-state index in [9.17, 15) is 9.59 Å². The van der Waals surface area contributed by atoms with E-state index in [2.05, 4.69) is 0 Å². The summed E-state index contributed by atoms with van der Waals surface area (Å²) in [5, 5.41) is 0. The molecule has 1 heterocycles. The third-order valence-electron chi connectivity index (χ3n) is 4.14. The van der Waals surface area contributed by atoms with E-state index in [0.717, 1.165) is 34.7 Å². The topological polar surface area (TPSA) is 46.6 Å². The molecule has 130 valence electrons. The number of para-hydroxylation sites is 1. The lowest BCUT2D eigenvalue weighted by Crippen LogP contribution is -2.38. The average molecular weight is 355 g/mol. The monoisotopic (exact) mass is 355 g/mol. The summed E-state index contributed by atoms with van der Waals surface area (Å²) < 4.78 is 5.30. The predicted molar refractivity (Wildman–Crippen MR) is 100 cm³/mol. The number of hydrogen-bond acceptors (Lipinski definition) is 4. The number of carbonyl (C=O) groups is 2. The van der Waals surface area contributed by atoms with Crippen LogP contribution in [0.4, 0.5) is 5.69 Å². The Hall–Kier alpha value is -2.27. The van der Waals surface area contributed by atoms with Gasteiger partial charge in [0.2, 0.25) is 0 Å². The SMILES string of the molecule is CCSc1ccccc1C(=O)OCC(=O)N1CCCc2ccccc21. The van der Waals surface area contributed by atoms with E-state index >= 15 is 0 Å². The summed E-state index contributed by atoms with van der Waals surface area (Å²) >= 11 is 1.59. The molecule has 0 aliphatic carbocycles. The minimum atomic E-state index is -0.449. The molecule has 25 heavy (non-hydrogen) atoms. The van der Waals surface area contributed by atoms with Crippen molar-refractivity contribution in [2.75, 3.05) is 23.8 Å². The Bertz CT molecular complexity index is 775. The number of esters is 1. The summed E-state index contributed by atoms with van der Waals surface area (Å²) in [7, 11) is 0. The predicted octanol–water partition coefficient (Wildman–Crippen LogP) is 3.93. The number of amides is 1. The van der Waals surface area contributed by atoms with Gasteiger partial charge in [-0.2, -0.15) is 0 Å².